The molecule has 0 saturated heterocycles. The standard InChI is InChI=1S/C24H30BrN3O4/c1-6-11-32-22-19(25)12-17(13-20(22)31-5)14-26-28-24(30)21(15(2)3)27-23(29)18-9-7-16(4)8-10-18/h7-10,12-15,21H,6,11H2,1-5H3,(H,27,29)(H,28,30)/b26-14-. The molecular formula is C24H30BrN3O4. The fourth-order valence-corrected chi connectivity index (χ4v) is 3.44. The Morgan fingerprint density at radius 2 is 1.88 bits per heavy atom. The minimum atomic E-state index is -0.730. The second-order valence-corrected chi connectivity index (χ2v) is 8.53. The molecule has 172 valence electrons. The second kappa shape index (κ2) is 12.2. The van der Waals surface area contributed by atoms with Crippen LogP contribution in [0.3, 0.4) is 0 Å². The monoisotopic (exact) mass is 503 g/mol. The Morgan fingerprint density at radius 3 is 2.47 bits per heavy atom. The Bertz CT molecular complexity index is 958. The highest BCUT2D eigenvalue weighted by Gasteiger charge is 2.24. The van der Waals surface area contributed by atoms with E-state index < -0.39 is 11.9 Å². The quantitative estimate of drug-likeness (QED) is 0.370. The van der Waals surface area contributed by atoms with Gasteiger partial charge >= 0.3 is 0 Å². The zero-order chi connectivity index (χ0) is 23.7. The molecule has 2 N–H and O–H groups in total. The van der Waals surface area contributed by atoms with Crippen LogP contribution in [0.2, 0.25) is 0 Å². The average molecular weight is 504 g/mol. The number of nitrogens with one attached hydrogen (secondary N) is 2. The predicted octanol–water partition coefficient (Wildman–Crippen LogP) is 4.46. The highest BCUT2D eigenvalue weighted by Crippen LogP contribution is 2.36. The lowest BCUT2D eigenvalue weighted by atomic mass is 10.0. The van der Waals surface area contributed by atoms with Gasteiger partial charge in [0, 0.05) is 5.56 Å². The van der Waals surface area contributed by atoms with Crippen molar-refractivity contribution >= 4 is 34.0 Å². The Kier molecular flexibility index (Phi) is 9.71. The molecule has 0 spiro atoms. The van der Waals surface area contributed by atoms with Gasteiger partial charge in [0.25, 0.3) is 11.8 Å². The number of rotatable bonds is 10. The molecule has 0 fully saturated rings. The topological polar surface area (TPSA) is 89.0 Å². The maximum atomic E-state index is 12.7. The minimum Gasteiger partial charge on any atom is -0.493 e. The summed E-state index contributed by atoms with van der Waals surface area (Å²) in [5, 5.41) is 6.84. The summed E-state index contributed by atoms with van der Waals surface area (Å²) in [7, 11) is 1.56. The van der Waals surface area contributed by atoms with Gasteiger partial charge < -0.3 is 14.8 Å². The first kappa shape index (κ1) is 25.4. The van der Waals surface area contributed by atoms with E-state index >= 15 is 0 Å². The first-order valence-electron chi connectivity index (χ1n) is 10.5. The smallest absolute Gasteiger partial charge is 0.262 e. The molecule has 2 aromatic rings. The van der Waals surface area contributed by atoms with E-state index in [1.54, 1.807) is 25.3 Å². The number of ether oxygens (including phenoxy) is 2. The number of halogens is 1. The molecule has 32 heavy (non-hydrogen) atoms. The zero-order valence-electron chi connectivity index (χ0n) is 19.1. The summed E-state index contributed by atoms with van der Waals surface area (Å²) < 4.78 is 11.8. The van der Waals surface area contributed by atoms with Gasteiger partial charge in [-0.1, -0.05) is 38.5 Å². The summed E-state index contributed by atoms with van der Waals surface area (Å²) in [6, 6.07) is 10.0. The predicted molar refractivity (Wildman–Crippen MR) is 129 cm³/mol. The number of nitrogens with zero attached hydrogens (tertiary/aromatic N) is 1. The number of carbonyl (C=O) groups is 2. The fraction of sp³-hybridized carbons (Fsp3) is 0.375. The van der Waals surface area contributed by atoms with Crippen molar-refractivity contribution in [2.75, 3.05) is 13.7 Å². The summed E-state index contributed by atoms with van der Waals surface area (Å²) in [4.78, 5) is 25.2. The van der Waals surface area contributed by atoms with Crippen LogP contribution in [0.4, 0.5) is 0 Å². The van der Waals surface area contributed by atoms with Crippen LogP contribution in [0.5, 0.6) is 11.5 Å². The van der Waals surface area contributed by atoms with Gasteiger partial charge in [-0.15, -0.1) is 0 Å². The maximum absolute atomic E-state index is 12.7. The molecular weight excluding hydrogens is 474 g/mol. The number of benzene rings is 2. The molecule has 2 aromatic carbocycles. The van der Waals surface area contributed by atoms with Gasteiger partial charge in [0.2, 0.25) is 0 Å². The number of carbonyl (C=O) groups excluding carboxylic acids is 2. The summed E-state index contributed by atoms with van der Waals surface area (Å²) in [6.07, 6.45) is 2.39. The third-order valence-corrected chi connectivity index (χ3v) is 5.23. The Morgan fingerprint density at radius 1 is 1.19 bits per heavy atom. The number of hydrogen-bond acceptors (Lipinski definition) is 5. The number of hydrogen-bond donors (Lipinski definition) is 2. The summed E-state index contributed by atoms with van der Waals surface area (Å²) in [5.74, 6) is 0.355. The van der Waals surface area contributed by atoms with Crippen molar-refractivity contribution in [2.45, 2.75) is 40.2 Å². The summed E-state index contributed by atoms with van der Waals surface area (Å²) >= 11 is 3.48. The molecule has 0 aliphatic heterocycles. The van der Waals surface area contributed by atoms with E-state index in [-0.39, 0.29) is 11.8 Å². The van der Waals surface area contributed by atoms with Gasteiger partial charge in [0.1, 0.15) is 6.04 Å². The molecule has 0 radical (unpaired) electrons. The van der Waals surface area contributed by atoms with E-state index in [1.165, 1.54) is 6.21 Å². The van der Waals surface area contributed by atoms with Crippen molar-refractivity contribution in [3.8, 4) is 11.5 Å². The largest absolute Gasteiger partial charge is 0.493 e. The summed E-state index contributed by atoms with van der Waals surface area (Å²) in [5.41, 5.74) is 4.78. The van der Waals surface area contributed by atoms with Crippen molar-refractivity contribution in [1.29, 1.82) is 0 Å². The van der Waals surface area contributed by atoms with Crippen LogP contribution in [0.25, 0.3) is 0 Å². The van der Waals surface area contributed by atoms with Gasteiger partial charge in [-0.2, -0.15) is 5.10 Å². The molecule has 0 aliphatic rings. The first-order chi connectivity index (χ1) is 15.3. The number of aryl methyl sites for hydroxylation is 1. The minimum absolute atomic E-state index is 0.121. The molecule has 0 bridgehead atoms. The van der Waals surface area contributed by atoms with E-state index in [2.05, 4.69) is 31.8 Å². The van der Waals surface area contributed by atoms with Crippen LogP contribution in [-0.4, -0.2) is 37.8 Å². The third kappa shape index (κ3) is 7.09. The molecule has 2 amide bonds. The normalized spacial score (nSPS) is 12.0. The van der Waals surface area contributed by atoms with Crippen LogP contribution in [-0.2, 0) is 4.79 Å². The van der Waals surface area contributed by atoms with Gasteiger partial charge in [-0.25, -0.2) is 5.43 Å². The molecule has 0 heterocycles. The van der Waals surface area contributed by atoms with Crippen molar-refractivity contribution in [3.63, 3.8) is 0 Å². The van der Waals surface area contributed by atoms with E-state index in [4.69, 9.17) is 9.47 Å². The van der Waals surface area contributed by atoms with E-state index in [0.717, 1.165) is 16.5 Å². The highest BCUT2D eigenvalue weighted by atomic mass is 79.9. The van der Waals surface area contributed by atoms with Crippen LogP contribution < -0.4 is 20.2 Å². The molecule has 1 atom stereocenters. The lowest BCUT2D eigenvalue weighted by molar-refractivity contribution is -0.123. The van der Waals surface area contributed by atoms with E-state index in [1.807, 2.05) is 45.9 Å². The van der Waals surface area contributed by atoms with E-state index in [0.29, 0.717) is 29.2 Å². The molecule has 2 rings (SSSR count). The summed E-state index contributed by atoms with van der Waals surface area (Å²) in [6.45, 7) is 8.27. The van der Waals surface area contributed by atoms with Gasteiger partial charge in [0.15, 0.2) is 11.5 Å². The zero-order valence-corrected chi connectivity index (χ0v) is 20.7. The molecule has 0 saturated carbocycles. The van der Waals surface area contributed by atoms with E-state index in [9.17, 15) is 9.59 Å². The average Bonchev–Trinajstić information content (AvgIpc) is 2.76. The lowest BCUT2D eigenvalue weighted by Crippen LogP contribution is -2.48. The molecule has 0 aromatic heterocycles. The van der Waals surface area contributed by atoms with Crippen molar-refractivity contribution in [1.82, 2.24) is 10.7 Å². The SMILES string of the molecule is CCCOc1c(Br)cc(/C=N\NC(=O)C(NC(=O)c2ccc(C)cc2)C(C)C)cc1OC. The molecule has 7 nitrogen and oxygen atoms in total. The van der Waals surface area contributed by atoms with Gasteiger partial charge in [0.05, 0.1) is 24.4 Å². The first-order valence-corrected chi connectivity index (χ1v) is 11.3. The van der Waals surface area contributed by atoms with Crippen LogP contribution in [0, 0.1) is 12.8 Å². The Labute approximate surface area is 197 Å². The molecule has 1 unspecified atom stereocenters. The second-order valence-electron chi connectivity index (χ2n) is 7.68. The van der Waals surface area contributed by atoms with Crippen LogP contribution >= 0.6 is 15.9 Å². The van der Waals surface area contributed by atoms with Gasteiger partial charge in [-0.3, -0.25) is 9.59 Å². The van der Waals surface area contributed by atoms with Crippen molar-refractivity contribution in [2.24, 2.45) is 11.0 Å². The van der Waals surface area contributed by atoms with Crippen LogP contribution in [0.15, 0.2) is 46.0 Å². The lowest BCUT2D eigenvalue weighted by Gasteiger charge is -2.20. The maximum Gasteiger partial charge on any atom is 0.262 e. The molecule has 8 heteroatoms. The number of hydrazone groups is 1. The van der Waals surface area contributed by atoms with Crippen molar-refractivity contribution < 1.29 is 19.1 Å². The van der Waals surface area contributed by atoms with Crippen molar-refractivity contribution in [3.05, 3.63) is 57.6 Å². The van der Waals surface area contributed by atoms with Crippen LogP contribution in [0.1, 0.15) is 48.7 Å². The Hall–Kier alpha value is -2.87. The third-order valence-electron chi connectivity index (χ3n) is 4.64. The Balaban J connectivity index is 2.07. The molecule has 0 aliphatic carbocycles. The number of amides is 2. The number of methoxy groups -OCH3 is 1. The highest BCUT2D eigenvalue weighted by molar-refractivity contribution is 9.10. The van der Waals surface area contributed by atoms with Gasteiger partial charge in [-0.05, 0) is 65.0 Å². The fourth-order valence-electron chi connectivity index (χ4n) is 2.86.